The van der Waals surface area contributed by atoms with Crippen LogP contribution in [0.1, 0.15) is 15.9 Å². The van der Waals surface area contributed by atoms with Crippen LogP contribution in [0, 0.1) is 18.6 Å². The van der Waals surface area contributed by atoms with Gasteiger partial charge in [-0.1, -0.05) is 6.07 Å². The smallest absolute Gasteiger partial charge is 0.338 e. The van der Waals surface area contributed by atoms with Crippen LogP contribution in [0.5, 0.6) is 0 Å². The summed E-state index contributed by atoms with van der Waals surface area (Å²) in [6, 6.07) is 5.33. The molecule has 0 aliphatic rings. The first-order valence-corrected chi connectivity index (χ1v) is 6.18. The van der Waals surface area contributed by atoms with Crippen molar-refractivity contribution in [2.75, 3.05) is 5.32 Å². The number of hydrogen-bond donors (Lipinski definition) is 2. The van der Waals surface area contributed by atoms with Crippen molar-refractivity contribution in [2.24, 2.45) is 0 Å². The lowest BCUT2D eigenvalue weighted by Crippen LogP contribution is -2.06. The number of nitrogens with zero attached hydrogens (tertiary/aromatic N) is 2. The van der Waals surface area contributed by atoms with E-state index in [1.54, 1.807) is 13.0 Å². The van der Waals surface area contributed by atoms with Gasteiger partial charge in [-0.25, -0.2) is 13.6 Å². The molecule has 0 unspecified atom stereocenters. The van der Waals surface area contributed by atoms with Crippen molar-refractivity contribution >= 4 is 28.4 Å². The second-order valence-electron chi connectivity index (χ2n) is 4.65. The van der Waals surface area contributed by atoms with Gasteiger partial charge in [-0.05, 0) is 24.6 Å². The number of aromatic carboxylic acids is 1. The highest BCUT2D eigenvalue weighted by Gasteiger charge is 2.22. The van der Waals surface area contributed by atoms with Crippen molar-refractivity contribution in [1.82, 2.24) is 10.4 Å². The van der Waals surface area contributed by atoms with E-state index in [9.17, 15) is 18.7 Å². The number of carboxylic acids is 1. The number of carbonyl (C=O) groups is 1. The zero-order valence-corrected chi connectivity index (χ0v) is 11.2. The van der Waals surface area contributed by atoms with E-state index >= 15 is 0 Å². The lowest BCUT2D eigenvalue weighted by molar-refractivity contribution is 0.0697. The summed E-state index contributed by atoms with van der Waals surface area (Å²) in [5.74, 6) is -3.00. The van der Waals surface area contributed by atoms with Gasteiger partial charge in [0.25, 0.3) is 0 Å². The minimum Gasteiger partial charge on any atom is -0.478 e. The molecular weight excluding hydrogens is 296 g/mol. The second-order valence-corrected chi connectivity index (χ2v) is 4.65. The number of carboxylic acid groups (broad SMARTS) is 1. The molecule has 1 aromatic heterocycles. The number of aromatic nitrogens is 2. The first kappa shape index (κ1) is 13.9. The van der Waals surface area contributed by atoms with Gasteiger partial charge < -0.3 is 14.9 Å². The Morgan fingerprint density at radius 2 is 2.09 bits per heavy atom. The van der Waals surface area contributed by atoms with E-state index in [0.29, 0.717) is 5.56 Å². The maximum absolute atomic E-state index is 14.4. The zero-order chi connectivity index (χ0) is 15.9. The minimum absolute atomic E-state index is 0.0530. The molecule has 112 valence electrons. The Hall–Kier alpha value is -3.03. The average Bonchev–Trinajstić information content (AvgIpc) is 2.92. The number of rotatable bonds is 3. The van der Waals surface area contributed by atoms with E-state index < -0.39 is 28.9 Å². The standard InChI is InChI=1S/C14H9F2N3O3/c1-6-2-3-9(8(15)4-6)17-12-7(14(20)21)5-10-13(11(12)16)18-19-22-10/h2-5,17H,1H3,(H,20,21). The zero-order valence-electron chi connectivity index (χ0n) is 11.2. The third-order valence-electron chi connectivity index (χ3n) is 3.10. The van der Waals surface area contributed by atoms with Gasteiger partial charge in [0.05, 0.1) is 16.9 Å². The highest BCUT2D eigenvalue weighted by molar-refractivity contribution is 6.00. The quantitative estimate of drug-likeness (QED) is 0.772. The van der Waals surface area contributed by atoms with Gasteiger partial charge in [-0.2, -0.15) is 0 Å². The highest BCUT2D eigenvalue weighted by Crippen LogP contribution is 2.31. The molecule has 2 aromatic carbocycles. The molecule has 8 heteroatoms. The number of nitrogens with one attached hydrogen (secondary N) is 1. The number of aryl methyl sites for hydroxylation is 1. The second kappa shape index (κ2) is 5.06. The van der Waals surface area contributed by atoms with Crippen LogP contribution in [0.15, 0.2) is 28.8 Å². The first-order valence-electron chi connectivity index (χ1n) is 6.18. The van der Waals surface area contributed by atoms with Crippen molar-refractivity contribution in [3.8, 4) is 0 Å². The summed E-state index contributed by atoms with van der Waals surface area (Å²) in [6.07, 6.45) is 0. The van der Waals surface area contributed by atoms with Gasteiger partial charge in [0.2, 0.25) is 0 Å². The van der Waals surface area contributed by atoms with Crippen molar-refractivity contribution in [3.05, 3.63) is 47.0 Å². The van der Waals surface area contributed by atoms with Crippen molar-refractivity contribution in [1.29, 1.82) is 0 Å². The molecule has 0 saturated carbocycles. The van der Waals surface area contributed by atoms with Crippen LogP contribution < -0.4 is 5.32 Å². The van der Waals surface area contributed by atoms with Crippen LogP contribution in [0.2, 0.25) is 0 Å². The first-order chi connectivity index (χ1) is 10.5. The van der Waals surface area contributed by atoms with E-state index in [1.807, 2.05) is 0 Å². The maximum atomic E-state index is 14.4. The van der Waals surface area contributed by atoms with Crippen LogP contribution >= 0.6 is 0 Å². The third kappa shape index (κ3) is 2.24. The Kier molecular flexibility index (Phi) is 3.21. The van der Waals surface area contributed by atoms with Crippen LogP contribution in [-0.4, -0.2) is 21.4 Å². The Morgan fingerprint density at radius 3 is 2.77 bits per heavy atom. The lowest BCUT2D eigenvalue weighted by atomic mass is 10.1. The molecule has 0 saturated heterocycles. The fraction of sp³-hybridized carbons (Fsp3) is 0.0714. The molecule has 0 radical (unpaired) electrons. The largest absolute Gasteiger partial charge is 0.478 e. The molecule has 1 heterocycles. The van der Waals surface area contributed by atoms with Gasteiger partial charge in [-0.15, -0.1) is 5.10 Å². The van der Waals surface area contributed by atoms with Crippen LogP contribution in [0.3, 0.4) is 0 Å². The Bertz CT molecular complexity index is 892. The number of halogens is 2. The van der Waals surface area contributed by atoms with E-state index in [2.05, 4.69) is 20.2 Å². The normalized spacial score (nSPS) is 10.9. The molecule has 0 fully saturated rings. The molecule has 0 bridgehead atoms. The SMILES string of the molecule is Cc1ccc(Nc2c(C(=O)O)cc3onnc3c2F)c(F)c1. The van der Waals surface area contributed by atoms with Crippen molar-refractivity contribution in [2.45, 2.75) is 6.92 Å². The van der Waals surface area contributed by atoms with E-state index in [-0.39, 0.29) is 16.8 Å². The molecular formula is C14H9F2N3O3. The summed E-state index contributed by atoms with van der Waals surface area (Å²) in [7, 11) is 0. The van der Waals surface area contributed by atoms with Crippen LogP contribution in [-0.2, 0) is 0 Å². The van der Waals surface area contributed by atoms with Crippen molar-refractivity contribution in [3.63, 3.8) is 0 Å². The Morgan fingerprint density at radius 1 is 1.32 bits per heavy atom. The lowest BCUT2D eigenvalue weighted by Gasteiger charge is -2.11. The van der Waals surface area contributed by atoms with Gasteiger partial charge in [0, 0.05) is 11.3 Å². The monoisotopic (exact) mass is 305 g/mol. The third-order valence-corrected chi connectivity index (χ3v) is 3.10. The predicted octanol–water partition coefficient (Wildman–Crippen LogP) is 3.25. The molecule has 22 heavy (non-hydrogen) atoms. The minimum atomic E-state index is -1.40. The predicted molar refractivity (Wildman–Crippen MR) is 73.1 cm³/mol. The van der Waals surface area contributed by atoms with E-state index in [1.165, 1.54) is 12.1 Å². The summed E-state index contributed by atoms with van der Waals surface area (Å²) in [4.78, 5) is 11.3. The fourth-order valence-electron chi connectivity index (χ4n) is 2.03. The van der Waals surface area contributed by atoms with Crippen LogP contribution in [0.4, 0.5) is 20.2 Å². The van der Waals surface area contributed by atoms with E-state index in [0.717, 1.165) is 6.07 Å². The number of hydrogen-bond acceptors (Lipinski definition) is 5. The summed E-state index contributed by atoms with van der Waals surface area (Å²) >= 11 is 0. The van der Waals surface area contributed by atoms with E-state index in [4.69, 9.17) is 0 Å². The fourth-order valence-corrected chi connectivity index (χ4v) is 2.03. The highest BCUT2D eigenvalue weighted by atomic mass is 19.1. The molecule has 0 aliphatic carbocycles. The van der Waals surface area contributed by atoms with Gasteiger partial charge in [0.1, 0.15) is 5.82 Å². The summed E-state index contributed by atoms with van der Waals surface area (Å²) in [6.45, 7) is 1.70. The number of anilines is 2. The molecule has 3 aromatic rings. The summed E-state index contributed by atoms with van der Waals surface area (Å²) in [5, 5.41) is 18.3. The van der Waals surface area contributed by atoms with Gasteiger partial charge >= 0.3 is 5.97 Å². The topological polar surface area (TPSA) is 88.2 Å². The Labute approximate surface area is 122 Å². The molecule has 0 spiro atoms. The summed E-state index contributed by atoms with van der Waals surface area (Å²) in [5.41, 5.74) is -0.534. The van der Waals surface area contributed by atoms with Crippen molar-refractivity contribution < 1.29 is 23.2 Å². The average molecular weight is 305 g/mol. The van der Waals surface area contributed by atoms with Gasteiger partial charge in [-0.3, -0.25) is 0 Å². The molecule has 2 N–H and O–H groups in total. The molecule has 0 amide bonds. The number of benzene rings is 2. The number of fused-ring (bicyclic) bond motifs is 1. The molecule has 3 rings (SSSR count). The maximum Gasteiger partial charge on any atom is 0.338 e. The van der Waals surface area contributed by atoms with Crippen LogP contribution in [0.25, 0.3) is 11.1 Å². The molecule has 0 aliphatic heterocycles. The van der Waals surface area contributed by atoms with Gasteiger partial charge in [0.15, 0.2) is 16.9 Å². The molecule has 0 atom stereocenters. The summed E-state index contributed by atoms with van der Waals surface area (Å²) < 4.78 is 33.0. The Balaban J connectivity index is 2.18. The molecule has 6 nitrogen and oxygen atoms in total.